The number of anilines is 1. The third kappa shape index (κ3) is 6.10. The number of esters is 1. The molecule has 4 rings (SSSR count). The third-order valence-corrected chi connectivity index (χ3v) is 6.83. The van der Waals surface area contributed by atoms with Crippen LogP contribution in [-0.4, -0.2) is 33.1 Å². The molecular formula is C28H34N4O3S. The van der Waals surface area contributed by atoms with Gasteiger partial charge in [0.1, 0.15) is 18.4 Å². The molecule has 7 nitrogen and oxygen atoms in total. The van der Waals surface area contributed by atoms with Crippen LogP contribution in [0.25, 0.3) is 0 Å². The zero-order chi connectivity index (χ0) is 25.5. The van der Waals surface area contributed by atoms with E-state index in [4.69, 9.17) is 14.6 Å². The normalized spacial score (nSPS) is 14.8. The molecule has 2 heterocycles. The van der Waals surface area contributed by atoms with Crippen LogP contribution in [0.15, 0.2) is 65.0 Å². The van der Waals surface area contributed by atoms with Gasteiger partial charge in [0.05, 0.1) is 12.2 Å². The Morgan fingerprint density at radius 1 is 1.11 bits per heavy atom. The van der Waals surface area contributed by atoms with Gasteiger partial charge in [0.2, 0.25) is 11.1 Å². The topological polar surface area (TPSA) is 78.3 Å². The number of carbonyl (C=O) groups excluding carboxylic acids is 1. The van der Waals surface area contributed by atoms with E-state index in [0.717, 1.165) is 47.6 Å². The van der Waals surface area contributed by atoms with Crippen LogP contribution in [0, 0.1) is 6.92 Å². The molecule has 3 aromatic rings. The monoisotopic (exact) mass is 506 g/mol. The largest absolute Gasteiger partial charge is 0.489 e. The average molecular weight is 507 g/mol. The quantitative estimate of drug-likeness (QED) is 0.186. The molecule has 0 fully saturated rings. The summed E-state index contributed by atoms with van der Waals surface area (Å²) in [6, 6.07) is 15.7. The molecule has 1 aliphatic heterocycles. The second-order valence-electron chi connectivity index (χ2n) is 8.91. The van der Waals surface area contributed by atoms with Crippen molar-refractivity contribution in [3.8, 4) is 5.75 Å². The van der Waals surface area contributed by atoms with Gasteiger partial charge >= 0.3 is 5.97 Å². The van der Waals surface area contributed by atoms with E-state index >= 15 is 0 Å². The number of unbranched alkanes of at least 4 members (excludes halogenated alkanes) is 1. The lowest BCUT2D eigenvalue weighted by atomic mass is 9.96. The SMILES string of the molecule is CCCCSc1nc2n(n1)C(c1ccc(OCc3cccc(C)c3)cc1)C(C(=O)OCCC)=C(C)N2. The van der Waals surface area contributed by atoms with Crippen LogP contribution in [-0.2, 0) is 16.1 Å². The van der Waals surface area contributed by atoms with E-state index in [2.05, 4.69) is 42.3 Å². The maximum absolute atomic E-state index is 13.1. The molecule has 0 amide bonds. The molecule has 0 spiro atoms. The first-order valence-corrected chi connectivity index (χ1v) is 13.5. The molecule has 190 valence electrons. The van der Waals surface area contributed by atoms with Crippen molar-refractivity contribution < 1.29 is 14.3 Å². The number of nitrogens with zero attached hydrogens (tertiary/aromatic N) is 3. The Bertz CT molecular complexity index is 1220. The molecule has 0 aliphatic carbocycles. The number of ether oxygens (including phenoxy) is 2. The summed E-state index contributed by atoms with van der Waals surface area (Å²) in [5.74, 6) is 2.01. The second-order valence-corrected chi connectivity index (χ2v) is 9.98. The van der Waals surface area contributed by atoms with Gasteiger partial charge in [0.15, 0.2) is 0 Å². The highest BCUT2D eigenvalue weighted by Gasteiger charge is 2.35. The van der Waals surface area contributed by atoms with Crippen LogP contribution in [0.4, 0.5) is 5.95 Å². The fourth-order valence-corrected chi connectivity index (χ4v) is 4.97. The second kappa shape index (κ2) is 12.1. The van der Waals surface area contributed by atoms with Crippen LogP contribution < -0.4 is 10.1 Å². The van der Waals surface area contributed by atoms with Crippen molar-refractivity contribution in [3.63, 3.8) is 0 Å². The van der Waals surface area contributed by atoms with Gasteiger partial charge in [0, 0.05) is 11.4 Å². The molecule has 0 bridgehead atoms. The Hall–Kier alpha value is -3.26. The molecule has 0 saturated heterocycles. The summed E-state index contributed by atoms with van der Waals surface area (Å²) in [7, 11) is 0. The lowest BCUT2D eigenvalue weighted by Crippen LogP contribution is -2.29. The smallest absolute Gasteiger partial charge is 0.338 e. The van der Waals surface area contributed by atoms with Crippen molar-refractivity contribution in [3.05, 3.63) is 76.5 Å². The Morgan fingerprint density at radius 3 is 2.64 bits per heavy atom. The molecule has 0 radical (unpaired) electrons. The molecule has 0 saturated carbocycles. The van der Waals surface area contributed by atoms with Crippen molar-refractivity contribution >= 4 is 23.7 Å². The number of hydrogen-bond donors (Lipinski definition) is 1. The van der Waals surface area contributed by atoms with E-state index in [0.29, 0.717) is 29.9 Å². The highest BCUT2D eigenvalue weighted by atomic mass is 32.2. The van der Waals surface area contributed by atoms with Gasteiger partial charge in [-0.1, -0.05) is 74.0 Å². The number of benzene rings is 2. The fourth-order valence-electron chi connectivity index (χ4n) is 4.06. The lowest BCUT2D eigenvalue weighted by molar-refractivity contribution is -0.139. The Kier molecular flexibility index (Phi) is 8.70. The van der Waals surface area contributed by atoms with E-state index in [1.54, 1.807) is 16.4 Å². The Morgan fingerprint density at radius 2 is 1.92 bits per heavy atom. The van der Waals surface area contributed by atoms with Crippen LogP contribution in [0.3, 0.4) is 0 Å². The van der Waals surface area contributed by atoms with Gasteiger partial charge in [-0.15, -0.1) is 5.10 Å². The minimum atomic E-state index is -0.440. The highest BCUT2D eigenvalue weighted by Crippen LogP contribution is 2.37. The molecule has 8 heteroatoms. The van der Waals surface area contributed by atoms with Crippen molar-refractivity contribution in [2.75, 3.05) is 17.7 Å². The summed E-state index contributed by atoms with van der Waals surface area (Å²) >= 11 is 1.63. The van der Waals surface area contributed by atoms with Gasteiger partial charge in [-0.05, 0) is 49.9 Å². The van der Waals surface area contributed by atoms with Crippen molar-refractivity contribution in [2.45, 2.75) is 64.8 Å². The highest BCUT2D eigenvalue weighted by molar-refractivity contribution is 7.99. The molecule has 1 aliphatic rings. The molecule has 1 N–H and O–H groups in total. The van der Waals surface area contributed by atoms with Crippen LogP contribution >= 0.6 is 11.8 Å². The number of carbonyl (C=O) groups is 1. The number of fused-ring (bicyclic) bond motifs is 1. The minimum Gasteiger partial charge on any atom is -0.489 e. The summed E-state index contributed by atoms with van der Waals surface area (Å²) in [5.41, 5.74) is 4.51. The Balaban J connectivity index is 1.60. The summed E-state index contributed by atoms with van der Waals surface area (Å²) in [6.45, 7) is 8.97. The summed E-state index contributed by atoms with van der Waals surface area (Å²) in [5, 5.41) is 8.73. The van der Waals surface area contributed by atoms with Gasteiger partial charge < -0.3 is 14.8 Å². The summed E-state index contributed by atoms with van der Waals surface area (Å²) < 4.78 is 13.4. The van der Waals surface area contributed by atoms with E-state index in [1.807, 2.05) is 44.2 Å². The first kappa shape index (κ1) is 25.8. The summed E-state index contributed by atoms with van der Waals surface area (Å²) in [6.07, 6.45) is 2.98. The number of thioether (sulfide) groups is 1. The van der Waals surface area contributed by atoms with Crippen molar-refractivity contribution in [1.29, 1.82) is 0 Å². The van der Waals surface area contributed by atoms with Gasteiger partial charge in [0.25, 0.3) is 0 Å². The van der Waals surface area contributed by atoms with E-state index < -0.39 is 6.04 Å². The predicted octanol–water partition coefficient (Wildman–Crippen LogP) is 6.30. The first-order chi connectivity index (χ1) is 17.5. The number of hydrogen-bond acceptors (Lipinski definition) is 7. The molecule has 36 heavy (non-hydrogen) atoms. The molecule has 1 unspecified atom stereocenters. The van der Waals surface area contributed by atoms with E-state index in [1.165, 1.54) is 5.56 Å². The maximum Gasteiger partial charge on any atom is 0.338 e. The number of allylic oxidation sites excluding steroid dienone is 1. The standard InChI is InChI=1S/C28H34N4O3S/c1-5-7-16-36-28-30-27-29-20(4)24(26(33)34-15-6-2)25(32(27)31-28)22-11-13-23(14-12-22)35-18-21-10-8-9-19(3)17-21/h8-14,17,25H,5-7,15-16,18H2,1-4H3,(H,29,30,31). The predicted molar refractivity (Wildman–Crippen MR) is 143 cm³/mol. The number of aryl methyl sites for hydroxylation is 1. The Labute approximate surface area is 217 Å². The van der Waals surface area contributed by atoms with E-state index in [-0.39, 0.29) is 5.97 Å². The van der Waals surface area contributed by atoms with Crippen LogP contribution in [0.5, 0.6) is 5.75 Å². The number of nitrogens with one attached hydrogen (secondary N) is 1. The molecule has 1 aromatic heterocycles. The summed E-state index contributed by atoms with van der Waals surface area (Å²) in [4.78, 5) is 17.8. The third-order valence-electron chi connectivity index (χ3n) is 5.90. The van der Waals surface area contributed by atoms with Crippen molar-refractivity contribution in [2.24, 2.45) is 0 Å². The van der Waals surface area contributed by atoms with Gasteiger partial charge in [-0.2, -0.15) is 4.98 Å². The van der Waals surface area contributed by atoms with E-state index in [9.17, 15) is 4.79 Å². The lowest BCUT2D eigenvalue weighted by Gasteiger charge is -2.28. The average Bonchev–Trinajstić information content (AvgIpc) is 3.28. The molecule has 2 aromatic carbocycles. The maximum atomic E-state index is 13.1. The van der Waals surface area contributed by atoms with Gasteiger partial charge in [-0.25, -0.2) is 9.48 Å². The van der Waals surface area contributed by atoms with Gasteiger partial charge in [-0.3, -0.25) is 0 Å². The van der Waals surface area contributed by atoms with Crippen molar-refractivity contribution in [1.82, 2.24) is 14.8 Å². The van der Waals surface area contributed by atoms with Crippen LogP contribution in [0.1, 0.15) is 62.8 Å². The number of rotatable bonds is 11. The fraction of sp³-hybridized carbons (Fsp3) is 0.393. The zero-order valence-electron chi connectivity index (χ0n) is 21.4. The number of aromatic nitrogens is 3. The molecular weight excluding hydrogens is 472 g/mol. The molecule has 1 atom stereocenters. The first-order valence-electron chi connectivity index (χ1n) is 12.5. The minimum absolute atomic E-state index is 0.340. The zero-order valence-corrected chi connectivity index (χ0v) is 22.2. The van der Waals surface area contributed by atoms with Crippen LogP contribution in [0.2, 0.25) is 0 Å².